The number of unbranched alkanes of at least 4 members (excludes halogenated alkanes) is 2. The van der Waals surface area contributed by atoms with Crippen LogP contribution in [0, 0.1) is 12.3 Å². The number of terminal acetylenes is 1. The molecule has 98 valence electrons. The average molecular weight is 253 g/mol. The zero-order valence-corrected chi connectivity index (χ0v) is 10.2. The smallest absolute Gasteiger partial charge is 0.387 e. The Hall–Kier alpha value is -1.60. The highest BCUT2D eigenvalue weighted by atomic mass is 19.3. The van der Waals surface area contributed by atoms with Gasteiger partial charge in [0, 0.05) is 13.0 Å². The van der Waals surface area contributed by atoms with Gasteiger partial charge in [0.2, 0.25) is 0 Å². The zero-order chi connectivity index (χ0) is 13.2. The quantitative estimate of drug-likeness (QED) is 0.567. The maximum atomic E-state index is 11.9. The van der Waals surface area contributed by atoms with Crippen LogP contribution in [0.5, 0.6) is 5.75 Å². The van der Waals surface area contributed by atoms with Gasteiger partial charge in [-0.2, -0.15) is 8.78 Å². The fraction of sp³-hybridized carbons (Fsp3) is 0.429. The Morgan fingerprint density at radius 1 is 1.22 bits per heavy atom. The van der Waals surface area contributed by atoms with Crippen molar-refractivity contribution in [2.45, 2.75) is 32.4 Å². The van der Waals surface area contributed by atoms with E-state index in [9.17, 15) is 8.78 Å². The molecule has 0 saturated carbocycles. The van der Waals surface area contributed by atoms with Crippen LogP contribution in [-0.4, -0.2) is 13.2 Å². The topological polar surface area (TPSA) is 21.3 Å². The van der Waals surface area contributed by atoms with Gasteiger partial charge in [-0.3, -0.25) is 0 Å². The predicted molar refractivity (Wildman–Crippen MR) is 67.5 cm³/mol. The number of halogens is 2. The second-order valence-electron chi connectivity index (χ2n) is 3.86. The van der Waals surface area contributed by atoms with E-state index in [1.807, 2.05) is 0 Å². The van der Waals surface area contributed by atoms with Crippen LogP contribution < -0.4 is 10.1 Å². The van der Waals surface area contributed by atoms with E-state index in [1.54, 1.807) is 24.3 Å². The molecule has 0 saturated heterocycles. The van der Waals surface area contributed by atoms with Crippen LogP contribution in [0.15, 0.2) is 24.3 Å². The van der Waals surface area contributed by atoms with Gasteiger partial charge >= 0.3 is 6.61 Å². The molecule has 1 N–H and O–H groups in total. The molecule has 2 nitrogen and oxygen atoms in total. The summed E-state index contributed by atoms with van der Waals surface area (Å²) >= 11 is 0. The van der Waals surface area contributed by atoms with Crippen molar-refractivity contribution in [3.8, 4) is 18.1 Å². The molecule has 0 heterocycles. The van der Waals surface area contributed by atoms with Gasteiger partial charge in [0.05, 0.1) is 0 Å². The zero-order valence-electron chi connectivity index (χ0n) is 10.2. The molecule has 0 aliphatic heterocycles. The molecule has 0 spiro atoms. The summed E-state index contributed by atoms with van der Waals surface area (Å²) < 4.78 is 28.1. The van der Waals surface area contributed by atoms with Gasteiger partial charge < -0.3 is 10.1 Å². The molecule has 0 aliphatic carbocycles. The summed E-state index contributed by atoms with van der Waals surface area (Å²) in [7, 11) is 0. The molecule has 18 heavy (non-hydrogen) atoms. The van der Waals surface area contributed by atoms with Crippen LogP contribution in [0.1, 0.15) is 24.8 Å². The number of nitrogens with one attached hydrogen (secondary N) is 1. The lowest BCUT2D eigenvalue weighted by Gasteiger charge is -2.07. The largest absolute Gasteiger partial charge is 0.435 e. The molecule has 1 aromatic carbocycles. The summed E-state index contributed by atoms with van der Waals surface area (Å²) in [5, 5.41) is 3.26. The molecule has 0 aliphatic rings. The Labute approximate surface area is 106 Å². The first-order valence-electron chi connectivity index (χ1n) is 5.90. The van der Waals surface area contributed by atoms with Gasteiger partial charge in [-0.25, -0.2) is 0 Å². The number of hydrogen-bond donors (Lipinski definition) is 1. The number of benzene rings is 1. The highest BCUT2D eigenvalue weighted by molar-refractivity contribution is 5.27. The van der Waals surface area contributed by atoms with E-state index < -0.39 is 6.61 Å². The van der Waals surface area contributed by atoms with Crippen molar-refractivity contribution in [3.63, 3.8) is 0 Å². The summed E-state index contributed by atoms with van der Waals surface area (Å²) in [5.74, 6) is 2.78. The second-order valence-corrected chi connectivity index (χ2v) is 3.86. The van der Waals surface area contributed by atoms with E-state index >= 15 is 0 Å². The molecule has 1 aromatic rings. The minimum absolute atomic E-state index is 0.183. The van der Waals surface area contributed by atoms with E-state index in [2.05, 4.69) is 16.0 Å². The van der Waals surface area contributed by atoms with Crippen LogP contribution in [0.2, 0.25) is 0 Å². The van der Waals surface area contributed by atoms with Crippen molar-refractivity contribution in [1.82, 2.24) is 5.32 Å². The molecule has 0 amide bonds. The third-order valence-electron chi connectivity index (χ3n) is 2.40. The van der Waals surface area contributed by atoms with E-state index in [4.69, 9.17) is 6.42 Å². The lowest BCUT2D eigenvalue weighted by molar-refractivity contribution is -0.0498. The van der Waals surface area contributed by atoms with E-state index in [0.29, 0.717) is 6.54 Å². The van der Waals surface area contributed by atoms with Gasteiger partial charge in [0.25, 0.3) is 0 Å². The van der Waals surface area contributed by atoms with Crippen LogP contribution in [0.4, 0.5) is 8.78 Å². The summed E-state index contributed by atoms with van der Waals surface area (Å²) in [6.45, 7) is -1.16. The van der Waals surface area contributed by atoms with Crippen molar-refractivity contribution in [3.05, 3.63) is 29.8 Å². The minimum Gasteiger partial charge on any atom is -0.435 e. The maximum Gasteiger partial charge on any atom is 0.387 e. The summed E-state index contributed by atoms with van der Waals surface area (Å²) in [6.07, 6.45) is 8.01. The molecule has 0 atom stereocenters. The summed E-state index contributed by atoms with van der Waals surface area (Å²) in [6, 6.07) is 6.63. The van der Waals surface area contributed by atoms with Crippen LogP contribution in [0.3, 0.4) is 0 Å². The third kappa shape index (κ3) is 6.21. The Balaban J connectivity index is 2.21. The maximum absolute atomic E-state index is 11.9. The Morgan fingerprint density at radius 3 is 2.56 bits per heavy atom. The number of rotatable bonds is 8. The average Bonchev–Trinajstić information content (AvgIpc) is 2.35. The molecule has 0 unspecified atom stereocenters. The molecule has 0 radical (unpaired) electrons. The first-order valence-corrected chi connectivity index (χ1v) is 5.90. The molecule has 0 aromatic heterocycles. The minimum atomic E-state index is -2.77. The van der Waals surface area contributed by atoms with Gasteiger partial charge in [0.15, 0.2) is 0 Å². The lowest BCUT2D eigenvalue weighted by Crippen LogP contribution is -2.14. The number of hydrogen-bond acceptors (Lipinski definition) is 2. The highest BCUT2D eigenvalue weighted by Gasteiger charge is 2.03. The third-order valence-corrected chi connectivity index (χ3v) is 2.40. The normalized spacial score (nSPS) is 10.3. The van der Waals surface area contributed by atoms with Crippen LogP contribution in [-0.2, 0) is 6.54 Å². The lowest BCUT2D eigenvalue weighted by atomic mass is 10.2. The summed E-state index contributed by atoms with van der Waals surface area (Å²) in [4.78, 5) is 0. The monoisotopic (exact) mass is 253 g/mol. The standard InChI is InChI=1S/C14H17F2NO/c1-2-3-4-5-10-17-11-12-6-8-13(9-7-12)18-14(15)16/h1,6-9,14,17H,3-5,10-11H2. The predicted octanol–water partition coefficient (Wildman–Crippen LogP) is 3.18. The molecular formula is C14H17F2NO. The van der Waals surface area contributed by atoms with Crippen LogP contribution >= 0.6 is 0 Å². The Bertz CT molecular complexity index is 370. The van der Waals surface area contributed by atoms with Gasteiger partial charge in [-0.15, -0.1) is 12.3 Å². The SMILES string of the molecule is C#CCCCCNCc1ccc(OC(F)F)cc1. The van der Waals surface area contributed by atoms with Gasteiger partial charge in [0.1, 0.15) is 5.75 Å². The van der Waals surface area contributed by atoms with E-state index in [0.717, 1.165) is 31.4 Å². The Kier molecular flexibility index (Phi) is 6.82. The first-order chi connectivity index (χ1) is 8.72. The first kappa shape index (κ1) is 14.5. The van der Waals surface area contributed by atoms with Crippen molar-refractivity contribution in [2.24, 2.45) is 0 Å². The van der Waals surface area contributed by atoms with Crippen molar-refractivity contribution >= 4 is 0 Å². The fourth-order valence-corrected chi connectivity index (χ4v) is 1.50. The van der Waals surface area contributed by atoms with E-state index in [-0.39, 0.29) is 5.75 Å². The number of ether oxygens (including phenoxy) is 1. The van der Waals surface area contributed by atoms with Crippen molar-refractivity contribution in [1.29, 1.82) is 0 Å². The van der Waals surface area contributed by atoms with Gasteiger partial charge in [-0.1, -0.05) is 12.1 Å². The Morgan fingerprint density at radius 2 is 1.94 bits per heavy atom. The van der Waals surface area contributed by atoms with E-state index in [1.165, 1.54) is 0 Å². The molecule has 0 fully saturated rings. The van der Waals surface area contributed by atoms with Gasteiger partial charge in [-0.05, 0) is 37.1 Å². The fourth-order valence-electron chi connectivity index (χ4n) is 1.50. The van der Waals surface area contributed by atoms with Crippen LogP contribution in [0.25, 0.3) is 0 Å². The van der Waals surface area contributed by atoms with Crippen molar-refractivity contribution < 1.29 is 13.5 Å². The highest BCUT2D eigenvalue weighted by Crippen LogP contribution is 2.14. The molecule has 0 bridgehead atoms. The molecular weight excluding hydrogens is 236 g/mol. The summed E-state index contributed by atoms with van der Waals surface area (Å²) in [5.41, 5.74) is 1.04. The second kappa shape index (κ2) is 8.48. The van der Waals surface area contributed by atoms with Crippen molar-refractivity contribution in [2.75, 3.05) is 6.54 Å². The molecule has 1 rings (SSSR count). The molecule has 4 heteroatoms. The number of alkyl halides is 2.